The summed E-state index contributed by atoms with van der Waals surface area (Å²) in [6.45, 7) is 3.81. The van der Waals surface area contributed by atoms with E-state index < -0.39 is 22.6 Å². The van der Waals surface area contributed by atoms with Crippen molar-refractivity contribution in [2.24, 2.45) is 11.8 Å². The summed E-state index contributed by atoms with van der Waals surface area (Å²) in [5, 5.41) is 9.56. The Kier molecular flexibility index (Phi) is 9.08. The van der Waals surface area contributed by atoms with E-state index in [0.717, 1.165) is 30.0 Å². The number of aliphatic hydroxyl groups is 1. The lowest BCUT2D eigenvalue weighted by Crippen LogP contribution is -2.53. The molecular weight excluding hydrogens is 598 g/mol. The number of hydrogen-bond donors (Lipinski definition) is 1. The largest absolute Gasteiger partial charge is 0.494 e. The Morgan fingerprint density at radius 2 is 1.55 bits per heavy atom. The number of rotatable bonds is 10. The molecule has 8 nitrogen and oxygen atoms in total. The minimum atomic E-state index is -0.877. The maximum atomic E-state index is 14.6. The number of unbranched alkanes of at least 4 members (excludes halogenated alkanes) is 3. The maximum absolute atomic E-state index is 14.6. The van der Waals surface area contributed by atoms with Crippen molar-refractivity contribution in [3.63, 3.8) is 0 Å². The van der Waals surface area contributed by atoms with Gasteiger partial charge in [0.05, 0.1) is 23.2 Å². The summed E-state index contributed by atoms with van der Waals surface area (Å²) in [6, 6.07) is 13.9. The van der Waals surface area contributed by atoms with Gasteiger partial charge in [0.15, 0.2) is 0 Å². The molecule has 1 unspecified atom stereocenters. The predicted molar refractivity (Wildman–Crippen MR) is 174 cm³/mol. The Morgan fingerprint density at radius 1 is 0.886 bits per heavy atom. The summed E-state index contributed by atoms with van der Waals surface area (Å²) in [5.41, 5.74) is 1.47. The van der Waals surface area contributed by atoms with Gasteiger partial charge >= 0.3 is 0 Å². The van der Waals surface area contributed by atoms with E-state index in [0.29, 0.717) is 44.1 Å². The van der Waals surface area contributed by atoms with Gasteiger partial charge in [-0.2, -0.15) is 0 Å². The van der Waals surface area contributed by atoms with Gasteiger partial charge in [0.2, 0.25) is 11.8 Å². The molecule has 0 saturated carbocycles. The van der Waals surface area contributed by atoms with E-state index in [4.69, 9.17) is 16.3 Å². The molecule has 2 saturated heterocycles. The van der Waals surface area contributed by atoms with Crippen molar-refractivity contribution in [3.05, 3.63) is 77.9 Å². The number of carbonyl (C=O) groups excluding carboxylic acids is 3. The monoisotopic (exact) mass is 635 g/mol. The summed E-state index contributed by atoms with van der Waals surface area (Å²) in [5.74, 6) is -0.936. The minimum Gasteiger partial charge on any atom is -0.494 e. The Bertz CT molecular complexity index is 1450. The number of benzene rings is 2. The highest BCUT2D eigenvalue weighted by Crippen LogP contribution is 2.61. The molecule has 6 rings (SSSR count). The van der Waals surface area contributed by atoms with Gasteiger partial charge in [-0.1, -0.05) is 48.7 Å². The van der Waals surface area contributed by atoms with Gasteiger partial charge < -0.3 is 24.5 Å². The van der Waals surface area contributed by atoms with E-state index in [1.165, 1.54) is 0 Å². The lowest BCUT2D eigenvalue weighted by Gasteiger charge is -2.35. The molecule has 1 spiro atoms. The average molecular weight is 636 g/mol. The van der Waals surface area contributed by atoms with E-state index in [-0.39, 0.29) is 29.6 Å². The summed E-state index contributed by atoms with van der Waals surface area (Å²) in [7, 11) is 0. The number of amides is 3. The zero-order valence-electron chi connectivity index (χ0n) is 24.8. The molecule has 2 fully saturated rings. The smallest absolute Gasteiger partial charge is 0.251 e. The van der Waals surface area contributed by atoms with E-state index in [9.17, 15) is 19.5 Å². The first-order valence-electron chi connectivity index (χ1n) is 15.4. The number of hydrogen-bond acceptors (Lipinski definition) is 6. The molecule has 2 aromatic rings. The molecule has 0 aliphatic carbocycles. The predicted octanol–water partition coefficient (Wildman–Crippen LogP) is 5.09. The van der Waals surface area contributed by atoms with Crippen LogP contribution in [0.1, 0.15) is 32.6 Å². The minimum absolute atomic E-state index is 0.102. The van der Waals surface area contributed by atoms with Crippen LogP contribution in [-0.2, 0) is 14.4 Å². The molecule has 5 atom stereocenters. The van der Waals surface area contributed by atoms with Gasteiger partial charge in [-0.15, -0.1) is 11.8 Å². The SMILES string of the molecule is CCOc1ccc(N2CC=C[C@@H]3S[C@]45C=CCN(c6ccc(Cl)cc6)C(=O)C4N(CCCCCCO)C(=O)[C@@H]5[C@@H]3C2=O)cc1. The topological polar surface area (TPSA) is 90.4 Å². The Balaban J connectivity index is 1.36. The summed E-state index contributed by atoms with van der Waals surface area (Å²) in [6.07, 6.45) is 11.2. The third-order valence-electron chi connectivity index (χ3n) is 9.06. The highest BCUT2D eigenvalue weighted by Gasteiger charge is 2.71. The Hall–Kier alpha value is -3.27. The highest BCUT2D eigenvalue weighted by atomic mass is 35.5. The second-order valence-corrected chi connectivity index (χ2v) is 13.6. The molecule has 4 aliphatic rings. The number of carbonyl (C=O) groups is 3. The standard InChI is InChI=1S/C34H38ClN3O5S/c1-2-43-26-16-14-25(15-17-26)36-20-7-9-27-28(31(36)40)29-32(41)38(19-5-3-4-6-22-39)30-33(42)37(21-8-18-34(29,30)44-27)24-12-10-23(35)11-13-24/h7-18,27-30,39H,2-6,19-22H2,1H3/t27-,28+,29-,30?,34-/m0/s1. The number of ether oxygens (including phenoxy) is 1. The molecule has 0 radical (unpaired) electrons. The van der Waals surface area contributed by atoms with E-state index >= 15 is 0 Å². The van der Waals surface area contributed by atoms with E-state index in [1.54, 1.807) is 38.6 Å². The van der Waals surface area contributed by atoms with Crippen molar-refractivity contribution in [2.75, 3.05) is 42.6 Å². The van der Waals surface area contributed by atoms with Crippen LogP contribution in [0.25, 0.3) is 0 Å². The van der Waals surface area contributed by atoms with Gasteiger partial charge in [-0.05, 0) is 68.3 Å². The second kappa shape index (κ2) is 13.0. The zero-order valence-corrected chi connectivity index (χ0v) is 26.4. The summed E-state index contributed by atoms with van der Waals surface area (Å²) in [4.78, 5) is 48.7. The lowest BCUT2D eigenvalue weighted by molar-refractivity contribution is -0.138. The molecule has 1 N–H and O–H groups in total. The number of likely N-dealkylation sites (tertiary alicyclic amines) is 1. The highest BCUT2D eigenvalue weighted by molar-refractivity contribution is 8.02. The van der Waals surface area contributed by atoms with Crippen LogP contribution in [-0.4, -0.2) is 76.6 Å². The number of anilines is 2. The fourth-order valence-electron chi connectivity index (χ4n) is 7.10. The third kappa shape index (κ3) is 5.43. The van der Waals surface area contributed by atoms with Crippen molar-refractivity contribution < 1.29 is 24.2 Å². The van der Waals surface area contributed by atoms with E-state index in [1.807, 2.05) is 61.5 Å². The Labute approximate surface area is 267 Å². The second-order valence-electron chi connectivity index (χ2n) is 11.6. The summed E-state index contributed by atoms with van der Waals surface area (Å²) < 4.78 is 4.72. The third-order valence-corrected chi connectivity index (χ3v) is 11.1. The van der Waals surface area contributed by atoms with Crippen LogP contribution in [0.5, 0.6) is 5.75 Å². The van der Waals surface area contributed by atoms with Crippen LogP contribution >= 0.6 is 23.4 Å². The fraction of sp³-hybridized carbons (Fsp3) is 0.441. The molecule has 4 aliphatic heterocycles. The molecule has 44 heavy (non-hydrogen) atoms. The fourth-order valence-corrected chi connectivity index (χ4v) is 9.23. The zero-order chi connectivity index (χ0) is 30.8. The first-order valence-corrected chi connectivity index (χ1v) is 16.7. The molecule has 10 heteroatoms. The van der Waals surface area contributed by atoms with E-state index in [2.05, 4.69) is 6.08 Å². The van der Waals surface area contributed by atoms with Crippen molar-refractivity contribution >= 4 is 52.5 Å². The maximum Gasteiger partial charge on any atom is 0.251 e. The molecule has 4 heterocycles. The lowest BCUT2D eigenvalue weighted by atomic mass is 9.78. The molecule has 0 bridgehead atoms. The molecule has 0 aromatic heterocycles. The van der Waals surface area contributed by atoms with Crippen molar-refractivity contribution in [1.82, 2.24) is 4.90 Å². The quantitative estimate of drug-likeness (QED) is 0.289. The van der Waals surface area contributed by atoms with Gasteiger partial charge in [-0.25, -0.2) is 0 Å². The van der Waals surface area contributed by atoms with Crippen LogP contribution in [0.2, 0.25) is 5.02 Å². The van der Waals surface area contributed by atoms with Crippen molar-refractivity contribution in [3.8, 4) is 5.75 Å². The van der Waals surface area contributed by atoms with Gasteiger partial charge in [0.1, 0.15) is 11.8 Å². The molecular formula is C34H38ClN3O5S. The molecule has 232 valence electrons. The summed E-state index contributed by atoms with van der Waals surface area (Å²) >= 11 is 7.74. The number of nitrogens with zero attached hydrogens (tertiary/aromatic N) is 3. The number of thioether (sulfide) groups is 1. The van der Waals surface area contributed by atoms with Crippen LogP contribution in [0, 0.1) is 11.8 Å². The van der Waals surface area contributed by atoms with Crippen LogP contribution < -0.4 is 14.5 Å². The van der Waals surface area contributed by atoms with Gasteiger partial charge in [-0.3, -0.25) is 14.4 Å². The van der Waals surface area contributed by atoms with Crippen LogP contribution in [0.4, 0.5) is 11.4 Å². The van der Waals surface area contributed by atoms with Gasteiger partial charge in [0.25, 0.3) is 5.91 Å². The van der Waals surface area contributed by atoms with Crippen LogP contribution in [0.3, 0.4) is 0 Å². The van der Waals surface area contributed by atoms with Gasteiger partial charge in [0, 0.05) is 47.9 Å². The number of fused-ring (bicyclic) bond motifs is 2. The number of aliphatic hydroxyl groups excluding tert-OH is 1. The van der Waals surface area contributed by atoms with Crippen LogP contribution in [0.15, 0.2) is 72.8 Å². The number of halogens is 1. The molecule has 2 aromatic carbocycles. The Morgan fingerprint density at radius 3 is 2.25 bits per heavy atom. The normalized spacial score (nSPS) is 27.7. The average Bonchev–Trinajstić information content (AvgIpc) is 3.33. The van der Waals surface area contributed by atoms with Crippen molar-refractivity contribution in [1.29, 1.82) is 0 Å². The molecule has 3 amide bonds. The first kappa shape index (κ1) is 30.7. The first-order chi connectivity index (χ1) is 21.4. The van der Waals surface area contributed by atoms with Crippen molar-refractivity contribution in [2.45, 2.75) is 48.6 Å².